The molecular weight excluding hydrogens is 254 g/mol. The van der Waals surface area contributed by atoms with Crippen LogP contribution in [0.2, 0.25) is 0 Å². The first-order valence-electron chi connectivity index (χ1n) is 7.26. The molecule has 108 valence electrons. The van der Waals surface area contributed by atoms with Gasteiger partial charge in [-0.15, -0.1) is 0 Å². The summed E-state index contributed by atoms with van der Waals surface area (Å²) in [5, 5.41) is 3.52. The van der Waals surface area contributed by atoms with Crippen LogP contribution in [-0.4, -0.2) is 25.9 Å². The topological polar surface area (TPSA) is 39.7 Å². The van der Waals surface area contributed by atoms with Crippen molar-refractivity contribution < 1.29 is 14.2 Å². The number of rotatable bonds is 4. The second-order valence-corrected chi connectivity index (χ2v) is 5.24. The predicted octanol–water partition coefficient (Wildman–Crippen LogP) is 2.80. The Kier molecular flexibility index (Phi) is 4.11. The fourth-order valence-electron chi connectivity index (χ4n) is 2.49. The molecular formula is C16H21NO3. The summed E-state index contributed by atoms with van der Waals surface area (Å²) in [5.74, 6) is 1.69. The molecule has 0 bridgehead atoms. The van der Waals surface area contributed by atoms with Gasteiger partial charge in [-0.05, 0) is 43.5 Å². The van der Waals surface area contributed by atoms with Gasteiger partial charge in [-0.1, -0.05) is 6.07 Å². The quantitative estimate of drug-likeness (QED) is 0.917. The molecule has 2 atom stereocenters. The van der Waals surface area contributed by atoms with E-state index in [2.05, 4.69) is 30.4 Å². The molecule has 1 aromatic rings. The van der Waals surface area contributed by atoms with E-state index in [9.17, 15) is 0 Å². The smallest absolute Gasteiger partial charge is 0.161 e. The number of hydrogen-bond acceptors (Lipinski definition) is 4. The molecule has 0 amide bonds. The number of benzene rings is 1. The molecule has 0 aromatic heterocycles. The van der Waals surface area contributed by atoms with E-state index in [-0.39, 0.29) is 12.1 Å². The molecule has 0 spiro atoms. The van der Waals surface area contributed by atoms with Crippen LogP contribution in [-0.2, 0) is 4.74 Å². The van der Waals surface area contributed by atoms with Gasteiger partial charge in [-0.2, -0.15) is 0 Å². The minimum atomic E-state index is 0.264. The van der Waals surface area contributed by atoms with Gasteiger partial charge in [-0.3, -0.25) is 0 Å². The number of fused-ring (bicyclic) bond motifs is 1. The van der Waals surface area contributed by atoms with Crippen LogP contribution in [0, 0.1) is 0 Å². The number of nitrogens with one attached hydrogen (secondary N) is 1. The maximum atomic E-state index is 5.62. The monoisotopic (exact) mass is 275 g/mol. The van der Waals surface area contributed by atoms with Crippen molar-refractivity contribution in [2.24, 2.45) is 0 Å². The number of hydrogen-bond donors (Lipinski definition) is 1. The van der Waals surface area contributed by atoms with Crippen LogP contribution in [0.5, 0.6) is 11.5 Å². The van der Waals surface area contributed by atoms with Crippen LogP contribution in [0.1, 0.15) is 31.4 Å². The Balaban J connectivity index is 1.59. The van der Waals surface area contributed by atoms with Gasteiger partial charge in [0.15, 0.2) is 11.5 Å². The first-order chi connectivity index (χ1) is 9.83. The van der Waals surface area contributed by atoms with Gasteiger partial charge in [-0.25, -0.2) is 0 Å². The van der Waals surface area contributed by atoms with Crippen molar-refractivity contribution >= 4 is 0 Å². The van der Waals surface area contributed by atoms with Crippen LogP contribution < -0.4 is 14.8 Å². The normalized spacial score (nSPS) is 22.1. The summed E-state index contributed by atoms with van der Waals surface area (Å²) in [4.78, 5) is 0. The molecule has 4 nitrogen and oxygen atoms in total. The molecule has 1 N–H and O–H groups in total. The van der Waals surface area contributed by atoms with E-state index in [1.807, 2.05) is 12.3 Å². The Morgan fingerprint density at radius 3 is 2.90 bits per heavy atom. The van der Waals surface area contributed by atoms with Crippen molar-refractivity contribution in [1.29, 1.82) is 0 Å². The van der Waals surface area contributed by atoms with Crippen LogP contribution in [0.4, 0.5) is 0 Å². The summed E-state index contributed by atoms with van der Waals surface area (Å²) >= 11 is 0. The fraction of sp³-hybridized carbons (Fsp3) is 0.500. The molecule has 0 saturated heterocycles. The molecule has 0 saturated carbocycles. The average molecular weight is 275 g/mol. The van der Waals surface area contributed by atoms with E-state index in [0.717, 1.165) is 30.9 Å². The zero-order valence-electron chi connectivity index (χ0n) is 11.8. The Bertz CT molecular complexity index is 487. The summed E-state index contributed by atoms with van der Waals surface area (Å²) < 4.78 is 16.7. The minimum absolute atomic E-state index is 0.264. The highest BCUT2D eigenvalue weighted by molar-refractivity contribution is 5.44. The lowest BCUT2D eigenvalue weighted by Gasteiger charge is -2.24. The van der Waals surface area contributed by atoms with Gasteiger partial charge in [0, 0.05) is 12.6 Å². The van der Waals surface area contributed by atoms with Crippen LogP contribution >= 0.6 is 0 Å². The lowest BCUT2D eigenvalue weighted by molar-refractivity contribution is 0.120. The largest absolute Gasteiger partial charge is 0.497 e. The van der Waals surface area contributed by atoms with Gasteiger partial charge < -0.3 is 19.5 Å². The first kappa shape index (κ1) is 13.3. The average Bonchev–Trinajstić information content (AvgIpc) is 2.53. The van der Waals surface area contributed by atoms with E-state index in [0.29, 0.717) is 13.2 Å². The number of allylic oxidation sites excluding steroid dienone is 1. The molecule has 2 aliphatic rings. The van der Waals surface area contributed by atoms with Crippen molar-refractivity contribution in [2.75, 3.05) is 19.8 Å². The third-order valence-corrected chi connectivity index (χ3v) is 3.74. The Hall–Kier alpha value is -1.68. The van der Waals surface area contributed by atoms with E-state index >= 15 is 0 Å². The van der Waals surface area contributed by atoms with Crippen molar-refractivity contribution in [3.8, 4) is 11.5 Å². The van der Waals surface area contributed by atoms with Gasteiger partial charge in [0.25, 0.3) is 0 Å². The van der Waals surface area contributed by atoms with E-state index in [1.165, 1.54) is 5.56 Å². The molecule has 0 radical (unpaired) electrons. The van der Waals surface area contributed by atoms with Gasteiger partial charge in [0.05, 0.1) is 6.26 Å². The Labute approximate surface area is 119 Å². The zero-order chi connectivity index (χ0) is 13.8. The minimum Gasteiger partial charge on any atom is -0.497 e. The summed E-state index contributed by atoms with van der Waals surface area (Å²) in [6.45, 7) is 4.28. The SMILES string of the molecule is CC(NCC1CCC=CO1)c1ccc2c(c1)OCCO2. The summed E-state index contributed by atoms with van der Waals surface area (Å²) in [6, 6.07) is 6.41. The van der Waals surface area contributed by atoms with Crippen molar-refractivity contribution in [3.63, 3.8) is 0 Å². The van der Waals surface area contributed by atoms with Crippen molar-refractivity contribution in [1.82, 2.24) is 5.32 Å². The Morgan fingerprint density at radius 1 is 1.25 bits per heavy atom. The summed E-state index contributed by atoms with van der Waals surface area (Å²) in [5.41, 5.74) is 1.21. The molecule has 20 heavy (non-hydrogen) atoms. The maximum absolute atomic E-state index is 5.62. The molecule has 4 heteroatoms. The summed E-state index contributed by atoms with van der Waals surface area (Å²) in [7, 11) is 0. The van der Waals surface area contributed by atoms with Crippen molar-refractivity contribution in [3.05, 3.63) is 36.1 Å². The highest BCUT2D eigenvalue weighted by Crippen LogP contribution is 2.32. The van der Waals surface area contributed by atoms with Crippen molar-refractivity contribution in [2.45, 2.75) is 31.9 Å². The van der Waals surface area contributed by atoms with E-state index in [4.69, 9.17) is 14.2 Å². The first-order valence-corrected chi connectivity index (χ1v) is 7.26. The third-order valence-electron chi connectivity index (χ3n) is 3.74. The standard InChI is InChI=1S/C16H21NO3/c1-12(17-11-14-4-2-3-7-18-14)13-5-6-15-16(10-13)20-9-8-19-15/h3,5-7,10,12,14,17H,2,4,8-9,11H2,1H3. The lowest BCUT2D eigenvalue weighted by Crippen LogP contribution is -2.31. The second kappa shape index (κ2) is 6.18. The highest BCUT2D eigenvalue weighted by Gasteiger charge is 2.16. The van der Waals surface area contributed by atoms with E-state index in [1.54, 1.807) is 0 Å². The molecule has 0 fully saturated rings. The van der Waals surface area contributed by atoms with Gasteiger partial charge in [0.2, 0.25) is 0 Å². The number of ether oxygens (including phenoxy) is 3. The molecule has 2 unspecified atom stereocenters. The third kappa shape index (κ3) is 3.07. The highest BCUT2D eigenvalue weighted by atomic mass is 16.6. The van der Waals surface area contributed by atoms with Crippen LogP contribution in [0.3, 0.4) is 0 Å². The molecule has 0 aliphatic carbocycles. The molecule has 1 aromatic carbocycles. The molecule has 2 aliphatic heterocycles. The van der Waals surface area contributed by atoms with Gasteiger partial charge >= 0.3 is 0 Å². The zero-order valence-corrected chi connectivity index (χ0v) is 11.8. The van der Waals surface area contributed by atoms with E-state index < -0.39 is 0 Å². The maximum Gasteiger partial charge on any atom is 0.161 e. The van der Waals surface area contributed by atoms with Gasteiger partial charge in [0.1, 0.15) is 19.3 Å². The van der Waals surface area contributed by atoms with Crippen LogP contribution in [0.15, 0.2) is 30.5 Å². The molecule has 3 rings (SSSR count). The lowest BCUT2D eigenvalue weighted by atomic mass is 10.1. The second-order valence-electron chi connectivity index (χ2n) is 5.24. The molecule has 2 heterocycles. The predicted molar refractivity (Wildman–Crippen MR) is 77.1 cm³/mol. The summed E-state index contributed by atoms with van der Waals surface area (Å²) in [6.07, 6.45) is 6.34. The fourth-order valence-corrected chi connectivity index (χ4v) is 2.49. The van der Waals surface area contributed by atoms with Crippen LogP contribution in [0.25, 0.3) is 0 Å². The Morgan fingerprint density at radius 2 is 2.10 bits per heavy atom.